The van der Waals surface area contributed by atoms with Crippen LogP contribution in [-0.4, -0.2) is 170 Å². The molecule has 1 heterocycles. The molecule has 1 saturated heterocycles. The third kappa shape index (κ3) is 36.4. The van der Waals surface area contributed by atoms with Crippen molar-refractivity contribution in [2.24, 2.45) is 35.5 Å². The third-order valence-corrected chi connectivity index (χ3v) is 17.8. The van der Waals surface area contributed by atoms with E-state index in [1.807, 2.05) is 45.1 Å². The van der Waals surface area contributed by atoms with Gasteiger partial charge in [0.05, 0.1) is 84.7 Å². The van der Waals surface area contributed by atoms with E-state index in [0.29, 0.717) is 96.4 Å². The summed E-state index contributed by atoms with van der Waals surface area (Å²) >= 11 is 0. The summed E-state index contributed by atoms with van der Waals surface area (Å²) in [5, 5.41) is 39.5. The summed E-state index contributed by atoms with van der Waals surface area (Å²) in [6, 6.07) is 0. The summed E-state index contributed by atoms with van der Waals surface area (Å²) in [6.07, 6.45) is 19.8. The number of unbranched alkanes of at least 4 members (excludes halogenated alkanes) is 10. The van der Waals surface area contributed by atoms with Gasteiger partial charge in [-0.3, -0.25) is 28.8 Å². The molecule has 0 spiro atoms. The van der Waals surface area contributed by atoms with Gasteiger partial charge in [-0.15, -0.1) is 0 Å². The van der Waals surface area contributed by atoms with Crippen LogP contribution in [0.5, 0.6) is 0 Å². The number of nitrogens with one attached hydrogen (secondary N) is 1. The normalized spacial score (nSPS) is 19.1. The first-order chi connectivity index (χ1) is 43.9. The van der Waals surface area contributed by atoms with Crippen molar-refractivity contribution < 1.29 is 101 Å². The molecule has 0 aromatic heterocycles. The molecule has 0 aliphatic carbocycles. The number of carboxylic acid groups (broad SMARTS) is 3. The van der Waals surface area contributed by atoms with E-state index < -0.39 is 102 Å². The van der Waals surface area contributed by atoms with Crippen LogP contribution < -0.4 is 5.48 Å². The molecule has 1 rings (SSSR count). The van der Waals surface area contributed by atoms with Crippen LogP contribution in [-0.2, 0) is 81.0 Å². The van der Waals surface area contributed by atoms with Crippen molar-refractivity contribution in [3.63, 3.8) is 0 Å². The Kier molecular flexibility index (Phi) is 47.2. The Morgan fingerprint density at radius 2 is 1.03 bits per heavy atom. The molecule has 0 radical (unpaired) electrons. The van der Waals surface area contributed by atoms with Gasteiger partial charge in [0, 0.05) is 59.0 Å². The number of ether oxygens (including phenoxy) is 9. The average molecular weight is 1310 g/mol. The number of hydroxylamine groups is 1. The number of hydrogen-bond acceptors (Lipinski definition) is 19. The van der Waals surface area contributed by atoms with Gasteiger partial charge in [-0.05, 0) is 131 Å². The standard InChI is InChI=1S/C70H123NO21/c1-14-18-19-23-29-37-58(83-12)60(87-53(11)50(8)70(82)92-71-17-4)39-33-34-41-64(74)86-46-55(89-65(75)42-32-27-22-25-30-38-59(84-13)62(43-61-56(16-3)90-61)88-52(10)49(7)68(78)79)45-85-63(73)40-31-26-21-20-24-28-36-54(44-72)57(35-15-2)91-66(51(9)69(80)81)47(5)48(6)67(76)77/h24-25,28,30,47-62,66,71-72H,14-23,26-27,29,31-46H2,1-13H3,(H,76,77)(H,78,79)(H,80,81)/b28-24-,30-25-. The van der Waals surface area contributed by atoms with Gasteiger partial charge >= 0.3 is 41.8 Å². The molecule has 0 amide bonds. The molecule has 0 aromatic rings. The van der Waals surface area contributed by atoms with Crippen molar-refractivity contribution >= 4 is 41.8 Å². The van der Waals surface area contributed by atoms with Crippen LogP contribution >= 0.6 is 0 Å². The van der Waals surface area contributed by atoms with Crippen molar-refractivity contribution in [1.82, 2.24) is 5.48 Å². The lowest BCUT2D eigenvalue weighted by atomic mass is 9.83. The highest BCUT2D eigenvalue weighted by atomic mass is 16.7. The van der Waals surface area contributed by atoms with E-state index >= 15 is 0 Å². The van der Waals surface area contributed by atoms with Crippen LogP contribution in [0.2, 0.25) is 0 Å². The molecule has 1 aliphatic rings. The van der Waals surface area contributed by atoms with E-state index in [-0.39, 0.29) is 81.6 Å². The highest BCUT2D eigenvalue weighted by Crippen LogP contribution is 2.34. The quantitative estimate of drug-likeness (QED) is 0.00943. The zero-order valence-electron chi connectivity index (χ0n) is 58.4. The van der Waals surface area contributed by atoms with Crippen molar-refractivity contribution in [1.29, 1.82) is 0 Å². The number of allylic oxidation sites excluding steroid dienone is 3. The molecule has 5 N–H and O–H groups in total. The van der Waals surface area contributed by atoms with Gasteiger partial charge < -0.3 is 67.9 Å². The second kappa shape index (κ2) is 50.8. The summed E-state index contributed by atoms with van der Waals surface area (Å²) in [5.41, 5.74) is 2.61. The summed E-state index contributed by atoms with van der Waals surface area (Å²) in [6.45, 7) is 19.4. The van der Waals surface area contributed by atoms with E-state index in [2.05, 4.69) is 19.3 Å². The monoisotopic (exact) mass is 1310 g/mol. The minimum Gasteiger partial charge on any atom is -0.481 e. The number of esters is 3. The van der Waals surface area contributed by atoms with Gasteiger partial charge in [0.1, 0.15) is 13.2 Å². The fourth-order valence-electron chi connectivity index (χ4n) is 10.9. The second-order valence-electron chi connectivity index (χ2n) is 25.2. The molecular formula is C70H123NO21. The molecule has 17 atom stereocenters. The molecule has 1 aliphatic heterocycles. The maximum atomic E-state index is 13.3. The van der Waals surface area contributed by atoms with E-state index in [0.717, 1.165) is 51.4 Å². The Labute approximate surface area is 550 Å². The number of methoxy groups -OCH3 is 2. The van der Waals surface area contributed by atoms with Gasteiger partial charge in [0.2, 0.25) is 0 Å². The number of carbonyl (C=O) groups excluding carboxylic acids is 4. The lowest BCUT2D eigenvalue weighted by molar-refractivity contribution is -0.167. The Hall–Kier alpha value is -4.55. The number of aliphatic carboxylic acids is 3. The molecule has 0 saturated carbocycles. The zero-order valence-corrected chi connectivity index (χ0v) is 58.4. The first-order valence-corrected chi connectivity index (χ1v) is 34.7. The lowest BCUT2D eigenvalue weighted by Gasteiger charge is -2.36. The highest BCUT2D eigenvalue weighted by Gasteiger charge is 2.42. The van der Waals surface area contributed by atoms with Crippen LogP contribution in [0.15, 0.2) is 24.3 Å². The van der Waals surface area contributed by atoms with Gasteiger partial charge in [-0.2, -0.15) is 5.48 Å². The van der Waals surface area contributed by atoms with Crippen molar-refractivity contribution in [3.8, 4) is 0 Å². The van der Waals surface area contributed by atoms with Gasteiger partial charge in [0.15, 0.2) is 6.10 Å². The number of carboxylic acids is 3. The maximum absolute atomic E-state index is 13.3. The number of epoxide rings is 1. The van der Waals surface area contributed by atoms with Crippen LogP contribution in [0.3, 0.4) is 0 Å². The van der Waals surface area contributed by atoms with Gasteiger partial charge in [0.25, 0.3) is 0 Å². The molecule has 92 heavy (non-hydrogen) atoms. The molecule has 1 fully saturated rings. The predicted molar refractivity (Wildman–Crippen MR) is 349 cm³/mol. The molecule has 534 valence electrons. The summed E-state index contributed by atoms with van der Waals surface area (Å²) < 4.78 is 53.8. The van der Waals surface area contributed by atoms with E-state index in [9.17, 15) is 54.0 Å². The van der Waals surface area contributed by atoms with Crippen LogP contribution in [0.1, 0.15) is 237 Å². The first-order valence-electron chi connectivity index (χ1n) is 34.7. The Morgan fingerprint density at radius 1 is 0.511 bits per heavy atom. The summed E-state index contributed by atoms with van der Waals surface area (Å²) in [7, 11) is 3.27. The first kappa shape index (κ1) is 85.5. The van der Waals surface area contributed by atoms with Crippen molar-refractivity contribution in [3.05, 3.63) is 24.3 Å². The minimum absolute atomic E-state index is 0.0322. The van der Waals surface area contributed by atoms with Gasteiger partial charge in [-0.25, -0.2) is 4.79 Å². The molecule has 0 aromatic carbocycles. The van der Waals surface area contributed by atoms with E-state index in [1.165, 1.54) is 13.8 Å². The number of aliphatic hydroxyl groups excluding tert-OH is 1. The number of hydrogen-bond donors (Lipinski definition) is 5. The number of aliphatic hydroxyl groups is 1. The predicted octanol–water partition coefficient (Wildman–Crippen LogP) is 12.1. The Bertz CT molecular complexity index is 2090. The lowest BCUT2D eigenvalue weighted by Crippen LogP contribution is -2.43. The SMILES string of the molecule is CCCCCCCC(OC)C(CCCCC(=O)OCC(COC(=O)CCCCC/C=C\CC(CO)C(CCC)OC(C(C)C(=O)O)C(C)C(C)C(=O)O)OC(=O)CCCC/C=C\CC(OC)C(CC1OC1CC)OC(C)C(C)C(=O)O)OC(C)C(C)C(=O)ONCC. The second-order valence-corrected chi connectivity index (χ2v) is 25.2. The molecule has 22 heteroatoms. The zero-order chi connectivity index (χ0) is 69.0. The number of carbonyl (C=O) groups is 7. The van der Waals surface area contributed by atoms with Crippen molar-refractivity contribution in [2.75, 3.05) is 40.6 Å². The van der Waals surface area contributed by atoms with Crippen molar-refractivity contribution in [2.45, 2.75) is 304 Å². The van der Waals surface area contributed by atoms with Crippen LogP contribution in [0, 0.1) is 35.5 Å². The fourth-order valence-corrected chi connectivity index (χ4v) is 10.9. The average Bonchev–Trinajstić information content (AvgIpc) is 1.62. The summed E-state index contributed by atoms with van der Waals surface area (Å²) in [5.74, 6) is -9.01. The highest BCUT2D eigenvalue weighted by molar-refractivity contribution is 5.73. The van der Waals surface area contributed by atoms with Gasteiger partial charge in [-0.1, -0.05) is 110 Å². The third-order valence-electron chi connectivity index (χ3n) is 17.8. The van der Waals surface area contributed by atoms with Crippen LogP contribution in [0.4, 0.5) is 0 Å². The molecule has 17 unspecified atom stereocenters. The smallest absolute Gasteiger partial charge is 0.330 e. The number of rotatable bonds is 59. The minimum atomic E-state index is -1.09. The Balaban J connectivity index is 3.01. The topological polar surface area (TPSA) is 308 Å². The summed E-state index contributed by atoms with van der Waals surface area (Å²) in [4.78, 5) is 93.0. The maximum Gasteiger partial charge on any atom is 0.330 e. The molecule has 22 nitrogen and oxygen atoms in total. The van der Waals surface area contributed by atoms with E-state index in [4.69, 9.17) is 47.5 Å². The van der Waals surface area contributed by atoms with E-state index in [1.54, 1.807) is 41.9 Å². The van der Waals surface area contributed by atoms with Crippen LogP contribution in [0.25, 0.3) is 0 Å². The molecular weight excluding hydrogens is 1190 g/mol. The largest absolute Gasteiger partial charge is 0.481 e. The Morgan fingerprint density at radius 3 is 1.59 bits per heavy atom. The fraction of sp³-hybridized carbons (Fsp3) is 0.843. The molecule has 0 bridgehead atoms.